The number of furan rings is 1. The standard InChI is InChI=1S/C19H22ClNO2/c1-14-17(13-20)12-18(23-14)19(22)21-9-7-16(8-10-21)11-15-5-3-2-4-6-15/h2-6,12,16H,7-11,13H2,1H3. The second-order valence-electron chi connectivity index (χ2n) is 6.25. The number of rotatable bonds is 4. The van der Waals surface area contributed by atoms with Crippen molar-refractivity contribution in [2.24, 2.45) is 5.92 Å². The Morgan fingerprint density at radius 2 is 1.96 bits per heavy atom. The molecule has 1 amide bonds. The molecule has 3 rings (SSSR count). The van der Waals surface area contributed by atoms with E-state index in [9.17, 15) is 4.79 Å². The Labute approximate surface area is 142 Å². The Kier molecular flexibility index (Phi) is 5.06. The van der Waals surface area contributed by atoms with Crippen LogP contribution in [-0.4, -0.2) is 23.9 Å². The third-order valence-corrected chi connectivity index (χ3v) is 4.93. The number of amides is 1. The monoisotopic (exact) mass is 331 g/mol. The molecule has 23 heavy (non-hydrogen) atoms. The lowest BCUT2D eigenvalue weighted by Gasteiger charge is -2.31. The lowest BCUT2D eigenvalue weighted by molar-refractivity contribution is 0.0657. The van der Waals surface area contributed by atoms with Crippen LogP contribution in [0.3, 0.4) is 0 Å². The molecule has 0 aliphatic carbocycles. The van der Waals surface area contributed by atoms with E-state index in [0.717, 1.165) is 43.7 Å². The second-order valence-corrected chi connectivity index (χ2v) is 6.52. The van der Waals surface area contributed by atoms with E-state index in [1.54, 1.807) is 6.07 Å². The minimum Gasteiger partial charge on any atom is -0.456 e. The first-order valence-corrected chi connectivity index (χ1v) is 8.69. The summed E-state index contributed by atoms with van der Waals surface area (Å²) in [5, 5.41) is 0. The molecule has 0 atom stereocenters. The van der Waals surface area contributed by atoms with Gasteiger partial charge in [-0.15, -0.1) is 11.6 Å². The van der Waals surface area contributed by atoms with Gasteiger partial charge in [0.05, 0.1) is 5.88 Å². The van der Waals surface area contributed by atoms with Crippen molar-refractivity contribution in [1.82, 2.24) is 4.90 Å². The molecule has 1 aliphatic heterocycles. The van der Waals surface area contributed by atoms with Crippen molar-refractivity contribution < 1.29 is 9.21 Å². The molecule has 0 N–H and O–H groups in total. The normalized spacial score (nSPS) is 15.8. The third kappa shape index (κ3) is 3.78. The van der Waals surface area contributed by atoms with E-state index in [-0.39, 0.29) is 5.91 Å². The lowest BCUT2D eigenvalue weighted by atomic mass is 9.90. The number of carbonyl (C=O) groups is 1. The summed E-state index contributed by atoms with van der Waals surface area (Å²) < 4.78 is 5.57. The molecule has 1 aromatic carbocycles. The van der Waals surface area contributed by atoms with Gasteiger partial charge in [-0.05, 0) is 43.7 Å². The van der Waals surface area contributed by atoms with Gasteiger partial charge in [0, 0.05) is 18.7 Å². The van der Waals surface area contributed by atoms with Crippen LogP contribution in [0.15, 0.2) is 40.8 Å². The predicted molar refractivity (Wildman–Crippen MR) is 91.8 cm³/mol. The van der Waals surface area contributed by atoms with Gasteiger partial charge in [0.1, 0.15) is 5.76 Å². The Balaban J connectivity index is 1.56. The van der Waals surface area contributed by atoms with Gasteiger partial charge in [0.15, 0.2) is 5.76 Å². The summed E-state index contributed by atoms with van der Waals surface area (Å²) in [6.07, 6.45) is 3.19. The Hall–Kier alpha value is -1.74. The van der Waals surface area contributed by atoms with E-state index in [2.05, 4.69) is 24.3 Å². The molecule has 3 nitrogen and oxygen atoms in total. The summed E-state index contributed by atoms with van der Waals surface area (Å²) in [6, 6.07) is 12.4. The third-order valence-electron chi connectivity index (χ3n) is 4.64. The van der Waals surface area contributed by atoms with Crippen molar-refractivity contribution in [2.75, 3.05) is 13.1 Å². The molecule has 122 valence electrons. The molecule has 0 radical (unpaired) electrons. The number of hydrogen-bond acceptors (Lipinski definition) is 2. The van der Waals surface area contributed by atoms with Crippen LogP contribution in [0.2, 0.25) is 0 Å². The second kappa shape index (κ2) is 7.22. The maximum atomic E-state index is 12.5. The number of hydrogen-bond donors (Lipinski definition) is 0. The molecule has 2 aromatic rings. The molecule has 0 bridgehead atoms. The van der Waals surface area contributed by atoms with Gasteiger partial charge in [-0.3, -0.25) is 4.79 Å². The molecule has 2 heterocycles. The Morgan fingerprint density at radius 1 is 1.26 bits per heavy atom. The zero-order valence-electron chi connectivity index (χ0n) is 13.4. The first kappa shape index (κ1) is 16.1. The molecule has 1 fully saturated rings. The number of piperidine rings is 1. The van der Waals surface area contributed by atoms with Crippen LogP contribution in [0, 0.1) is 12.8 Å². The van der Waals surface area contributed by atoms with Crippen molar-refractivity contribution in [3.05, 3.63) is 59.0 Å². The van der Waals surface area contributed by atoms with Crippen LogP contribution in [0.5, 0.6) is 0 Å². The van der Waals surface area contributed by atoms with Crippen LogP contribution in [0.1, 0.15) is 40.3 Å². The lowest BCUT2D eigenvalue weighted by Crippen LogP contribution is -2.38. The van der Waals surface area contributed by atoms with Gasteiger partial charge in [-0.25, -0.2) is 0 Å². The van der Waals surface area contributed by atoms with E-state index in [1.807, 2.05) is 17.9 Å². The predicted octanol–water partition coefficient (Wildman–Crippen LogP) is 4.42. The quantitative estimate of drug-likeness (QED) is 0.777. The highest BCUT2D eigenvalue weighted by Gasteiger charge is 2.26. The number of benzene rings is 1. The number of carbonyl (C=O) groups excluding carboxylic acids is 1. The first-order chi connectivity index (χ1) is 11.2. The molecule has 0 saturated carbocycles. The molecule has 1 aliphatic rings. The van der Waals surface area contributed by atoms with E-state index < -0.39 is 0 Å². The fraction of sp³-hybridized carbons (Fsp3) is 0.421. The van der Waals surface area contributed by atoms with E-state index in [0.29, 0.717) is 17.6 Å². The summed E-state index contributed by atoms with van der Waals surface area (Å²) in [5.41, 5.74) is 2.28. The summed E-state index contributed by atoms with van der Waals surface area (Å²) in [4.78, 5) is 14.4. The summed E-state index contributed by atoms with van der Waals surface area (Å²) in [5.74, 6) is 2.17. The molecule has 0 spiro atoms. The molecule has 1 saturated heterocycles. The highest BCUT2D eigenvalue weighted by molar-refractivity contribution is 6.17. The zero-order valence-corrected chi connectivity index (χ0v) is 14.2. The molecular weight excluding hydrogens is 310 g/mol. The number of alkyl halides is 1. The van der Waals surface area contributed by atoms with Crippen molar-refractivity contribution >= 4 is 17.5 Å². The van der Waals surface area contributed by atoms with Gasteiger partial charge in [-0.1, -0.05) is 30.3 Å². The van der Waals surface area contributed by atoms with E-state index >= 15 is 0 Å². The van der Waals surface area contributed by atoms with E-state index in [1.165, 1.54) is 5.56 Å². The number of halogens is 1. The maximum Gasteiger partial charge on any atom is 0.289 e. The molecule has 1 aromatic heterocycles. The number of likely N-dealkylation sites (tertiary alicyclic amines) is 1. The van der Waals surface area contributed by atoms with Gasteiger partial charge in [0.2, 0.25) is 0 Å². The summed E-state index contributed by atoms with van der Waals surface area (Å²) >= 11 is 5.85. The van der Waals surface area contributed by atoms with Crippen LogP contribution >= 0.6 is 11.6 Å². The average molecular weight is 332 g/mol. The molecular formula is C19H22ClNO2. The average Bonchev–Trinajstić information content (AvgIpc) is 2.97. The zero-order chi connectivity index (χ0) is 16.2. The minimum atomic E-state index is -0.0115. The first-order valence-electron chi connectivity index (χ1n) is 8.16. The fourth-order valence-corrected chi connectivity index (χ4v) is 3.47. The number of aryl methyl sites for hydroxylation is 1. The van der Waals surface area contributed by atoms with Crippen molar-refractivity contribution in [1.29, 1.82) is 0 Å². The smallest absolute Gasteiger partial charge is 0.289 e. The largest absolute Gasteiger partial charge is 0.456 e. The van der Waals surface area contributed by atoms with Crippen LogP contribution in [0.25, 0.3) is 0 Å². The molecule has 4 heteroatoms. The summed E-state index contributed by atoms with van der Waals surface area (Å²) in [7, 11) is 0. The topological polar surface area (TPSA) is 33.5 Å². The van der Waals surface area contributed by atoms with Crippen LogP contribution in [0.4, 0.5) is 0 Å². The summed E-state index contributed by atoms with van der Waals surface area (Å²) in [6.45, 7) is 3.44. The SMILES string of the molecule is Cc1oc(C(=O)N2CCC(Cc3ccccc3)CC2)cc1CCl. The number of nitrogens with zero attached hydrogens (tertiary/aromatic N) is 1. The highest BCUT2D eigenvalue weighted by atomic mass is 35.5. The van der Waals surface area contributed by atoms with Gasteiger partial charge in [-0.2, -0.15) is 0 Å². The Bertz CT molecular complexity index is 657. The van der Waals surface area contributed by atoms with Gasteiger partial charge < -0.3 is 9.32 Å². The minimum absolute atomic E-state index is 0.0115. The van der Waals surface area contributed by atoms with Crippen molar-refractivity contribution in [2.45, 2.75) is 32.1 Å². The van der Waals surface area contributed by atoms with Crippen molar-refractivity contribution in [3.8, 4) is 0 Å². The maximum absolute atomic E-state index is 12.5. The highest BCUT2D eigenvalue weighted by Crippen LogP contribution is 2.24. The van der Waals surface area contributed by atoms with Crippen LogP contribution in [-0.2, 0) is 12.3 Å². The van der Waals surface area contributed by atoms with Gasteiger partial charge >= 0.3 is 0 Å². The van der Waals surface area contributed by atoms with E-state index in [4.69, 9.17) is 16.0 Å². The van der Waals surface area contributed by atoms with Gasteiger partial charge in [0.25, 0.3) is 5.91 Å². The Morgan fingerprint density at radius 3 is 2.57 bits per heavy atom. The molecule has 0 unspecified atom stereocenters. The fourth-order valence-electron chi connectivity index (χ4n) is 3.20. The van der Waals surface area contributed by atoms with Crippen LogP contribution < -0.4 is 0 Å². The van der Waals surface area contributed by atoms with Crippen molar-refractivity contribution in [3.63, 3.8) is 0 Å².